The van der Waals surface area contributed by atoms with Gasteiger partial charge in [-0.25, -0.2) is 4.79 Å². The highest BCUT2D eigenvalue weighted by Crippen LogP contribution is 2.00. The van der Waals surface area contributed by atoms with Gasteiger partial charge in [0.25, 0.3) is 0 Å². The monoisotopic (exact) mass is 260 g/mol. The number of nitrogens with two attached hydrogens (primary N) is 2. The number of hydrogen-bond donors (Lipinski definition) is 5. The molecule has 2 atom stereocenters. The molecule has 18 heavy (non-hydrogen) atoms. The van der Waals surface area contributed by atoms with Crippen LogP contribution in [0.4, 0.5) is 0 Å². The van der Waals surface area contributed by atoms with E-state index in [9.17, 15) is 9.59 Å². The molecule has 0 spiro atoms. The van der Waals surface area contributed by atoms with E-state index in [1.165, 1.54) is 6.92 Å². The summed E-state index contributed by atoms with van der Waals surface area (Å²) >= 11 is 0. The fourth-order valence-electron chi connectivity index (χ4n) is 1.28. The lowest BCUT2D eigenvalue weighted by molar-refractivity contribution is -0.142. The summed E-state index contributed by atoms with van der Waals surface area (Å²) in [6.45, 7) is 1.76. The maximum atomic E-state index is 11.3. The number of aliphatic hydroxyl groups is 1. The summed E-state index contributed by atoms with van der Waals surface area (Å²) in [5.74, 6) is -1.68. The Morgan fingerprint density at radius 1 is 1.39 bits per heavy atom. The van der Waals surface area contributed by atoms with Crippen LogP contribution in [-0.2, 0) is 9.59 Å². The smallest absolute Gasteiger partial charge is 0.326 e. The van der Waals surface area contributed by atoms with Crippen LogP contribution >= 0.6 is 0 Å². The van der Waals surface area contributed by atoms with Crippen LogP contribution in [0.15, 0.2) is 4.99 Å². The van der Waals surface area contributed by atoms with Crippen molar-refractivity contribution in [3.05, 3.63) is 0 Å². The molecule has 7 N–H and O–H groups in total. The fraction of sp³-hybridized carbons (Fsp3) is 0.700. The molecule has 104 valence electrons. The van der Waals surface area contributed by atoms with Crippen LogP contribution in [-0.4, -0.2) is 46.7 Å². The minimum absolute atomic E-state index is 0.0555. The van der Waals surface area contributed by atoms with Gasteiger partial charge in [0.2, 0.25) is 5.91 Å². The molecule has 0 aromatic carbocycles. The second kappa shape index (κ2) is 8.29. The van der Waals surface area contributed by atoms with E-state index in [1.54, 1.807) is 0 Å². The van der Waals surface area contributed by atoms with E-state index in [0.29, 0.717) is 13.0 Å². The summed E-state index contributed by atoms with van der Waals surface area (Å²) in [6.07, 6.45) is -0.278. The Morgan fingerprint density at radius 3 is 2.44 bits per heavy atom. The predicted octanol–water partition coefficient (Wildman–Crippen LogP) is -1.62. The number of guanidine groups is 1. The van der Waals surface area contributed by atoms with E-state index in [1.807, 2.05) is 0 Å². The Labute approximate surface area is 105 Å². The zero-order chi connectivity index (χ0) is 14.1. The lowest BCUT2D eigenvalue weighted by Crippen LogP contribution is -2.41. The van der Waals surface area contributed by atoms with Crippen molar-refractivity contribution in [1.29, 1.82) is 0 Å². The first kappa shape index (κ1) is 16.2. The molecule has 0 saturated heterocycles. The number of aliphatic imine (C=N–C) groups is 1. The van der Waals surface area contributed by atoms with Gasteiger partial charge in [0.1, 0.15) is 6.04 Å². The number of carboxylic acids is 1. The third kappa shape index (κ3) is 8.34. The highest BCUT2D eigenvalue weighted by atomic mass is 16.4. The van der Waals surface area contributed by atoms with Crippen molar-refractivity contribution in [2.45, 2.75) is 38.3 Å². The molecule has 2 unspecified atom stereocenters. The largest absolute Gasteiger partial charge is 0.480 e. The first-order valence-electron chi connectivity index (χ1n) is 5.58. The lowest BCUT2D eigenvalue weighted by atomic mass is 10.1. The predicted molar refractivity (Wildman–Crippen MR) is 65.8 cm³/mol. The molecule has 0 aromatic heterocycles. The van der Waals surface area contributed by atoms with Crippen molar-refractivity contribution >= 4 is 17.8 Å². The molecule has 0 aliphatic carbocycles. The number of carboxylic acid groups (broad SMARTS) is 1. The van der Waals surface area contributed by atoms with Crippen molar-refractivity contribution in [1.82, 2.24) is 5.32 Å². The van der Waals surface area contributed by atoms with Gasteiger partial charge >= 0.3 is 5.97 Å². The molecule has 0 heterocycles. The number of rotatable bonds is 8. The molecule has 1 amide bonds. The Hall–Kier alpha value is -1.83. The maximum Gasteiger partial charge on any atom is 0.326 e. The summed E-state index contributed by atoms with van der Waals surface area (Å²) in [7, 11) is 0. The number of carbonyl (C=O) groups excluding carboxylic acids is 1. The van der Waals surface area contributed by atoms with Gasteiger partial charge in [0, 0.05) is 6.54 Å². The molecule has 0 aliphatic heterocycles. The highest BCUT2D eigenvalue weighted by molar-refractivity contribution is 5.83. The van der Waals surface area contributed by atoms with Gasteiger partial charge in [-0.15, -0.1) is 0 Å². The van der Waals surface area contributed by atoms with E-state index >= 15 is 0 Å². The number of amides is 1. The summed E-state index contributed by atoms with van der Waals surface area (Å²) in [6, 6.07) is -0.995. The summed E-state index contributed by atoms with van der Waals surface area (Å²) < 4.78 is 0. The first-order valence-corrected chi connectivity index (χ1v) is 5.58. The van der Waals surface area contributed by atoms with E-state index < -0.39 is 24.0 Å². The molecule has 0 radical (unpaired) electrons. The van der Waals surface area contributed by atoms with Gasteiger partial charge in [0.15, 0.2) is 5.96 Å². The number of nitrogens with zero attached hydrogens (tertiary/aromatic N) is 1. The Kier molecular flexibility index (Phi) is 7.45. The van der Waals surface area contributed by atoms with Crippen LogP contribution in [0.5, 0.6) is 0 Å². The van der Waals surface area contributed by atoms with Gasteiger partial charge in [-0.3, -0.25) is 9.79 Å². The van der Waals surface area contributed by atoms with Gasteiger partial charge < -0.3 is 27.0 Å². The third-order valence-corrected chi connectivity index (χ3v) is 2.06. The quantitative estimate of drug-likeness (QED) is 0.201. The zero-order valence-electron chi connectivity index (χ0n) is 10.3. The number of nitrogens with one attached hydrogen (secondary N) is 1. The fourth-order valence-corrected chi connectivity index (χ4v) is 1.28. The second-order valence-corrected chi connectivity index (χ2v) is 3.96. The number of aliphatic hydroxyl groups excluding tert-OH is 1. The average Bonchev–Trinajstić information content (AvgIpc) is 2.20. The molecular formula is C10H20N4O4. The van der Waals surface area contributed by atoms with Gasteiger partial charge in [-0.05, 0) is 19.8 Å². The van der Waals surface area contributed by atoms with Gasteiger partial charge in [-0.2, -0.15) is 0 Å². The number of carbonyl (C=O) groups is 2. The highest BCUT2D eigenvalue weighted by Gasteiger charge is 2.19. The lowest BCUT2D eigenvalue weighted by Gasteiger charge is -2.14. The summed E-state index contributed by atoms with van der Waals surface area (Å²) in [5, 5.41) is 20.2. The zero-order valence-corrected chi connectivity index (χ0v) is 10.3. The van der Waals surface area contributed by atoms with Crippen LogP contribution in [0.1, 0.15) is 26.2 Å². The van der Waals surface area contributed by atoms with E-state index in [2.05, 4.69) is 10.3 Å². The van der Waals surface area contributed by atoms with E-state index in [-0.39, 0.29) is 18.8 Å². The molecule has 0 fully saturated rings. The molecular weight excluding hydrogens is 240 g/mol. The topological polar surface area (TPSA) is 151 Å². The van der Waals surface area contributed by atoms with Crippen molar-refractivity contribution < 1.29 is 19.8 Å². The van der Waals surface area contributed by atoms with Gasteiger partial charge in [0.05, 0.1) is 12.5 Å². The molecule has 0 bridgehead atoms. The summed E-state index contributed by atoms with van der Waals surface area (Å²) in [5.41, 5.74) is 10.2. The molecule has 8 heteroatoms. The molecule has 0 aromatic rings. The SMILES string of the molecule is CC(O)CC(=O)NC(CCCN=C(N)N)C(=O)O. The summed E-state index contributed by atoms with van der Waals surface area (Å²) in [4.78, 5) is 25.9. The maximum absolute atomic E-state index is 11.3. The average molecular weight is 260 g/mol. The number of aliphatic carboxylic acids is 1. The van der Waals surface area contributed by atoms with E-state index in [4.69, 9.17) is 21.7 Å². The molecule has 0 saturated carbocycles. The first-order chi connectivity index (χ1) is 8.32. The van der Waals surface area contributed by atoms with Crippen molar-refractivity contribution in [2.75, 3.05) is 6.54 Å². The minimum atomic E-state index is -1.13. The van der Waals surface area contributed by atoms with Crippen LogP contribution in [0.3, 0.4) is 0 Å². The minimum Gasteiger partial charge on any atom is -0.480 e. The Bertz CT molecular complexity index is 313. The van der Waals surface area contributed by atoms with Crippen LogP contribution in [0.2, 0.25) is 0 Å². The van der Waals surface area contributed by atoms with Crippen LogP contribution in [0, 0.1) is 0 Å². The van der Waals surface area contributed by atoms with Crippen molar-refractivity contribution in [3.8, 4) is 0 Å². The third-order valence-electron chi connectivity index (χ3n) is 2.06. The number of hydrogen-bond acceptors (Lipinski definition) is 4. The van der Waals surface area contributed by atoms with Crippen LogP contribution in [0.25, 0.3) is 0 Å². The standard InChI is InChI=1S/C10H20N4O4/c1-6(15)5-8(16)14-7(9(17)18)3-2-4-13-10(11)12/h6-7,15H,2-5H2,1H3,(H,14,16)(H,17,18)(H4,11,12,13). The van der Waals surface area contributed by atoms with Crippen LogP contribution < -0.4 is 16.8 Å². The van der Waals surface area contributed by atoms with Crippen molar-refractivity contribution in [3.63, 3.8) is 0 Å². The molecule has 0 rings (SSSR count). The molecule has 0 aliphatic rings. The normalized spacial score (nSPS) is 13.4. The van der Waals surface area contributed by atoms with E-state index in [0.717, 1.165) is 0 Å². The van der Waals surface area contributed by atoms with Gasteiger partial charge in [-0.1, -0.05) is 0 Å². The Balaban J connectivity index is 4.11. The second-order valence-electron chi connectivity index (χ2n) is 3.96. The Morgan fingerprint density at radius 2 is 2.00 bits per heavy atom. The van der Waals surface area contributed by atoms with Crippen molar-refractivity contribution in [2.24, 2.45) is 16.5 Å². The molecule has 8 nitrogen and oxygen atoms in total.